The van der Waals surface area contributed by atoms with Crippen LogP contribution in [0.2, 0.25) is 0 Å². The number of rotatable bonds is 5. The number of hydrogen-bond acceptors (Lipinski definition) is 3. The van der Waals surface area contributed by atoms with Crippen LogP contribution < -0.4 is 5.32 Å². The first-order valence-electron chi connectivity index (χ1n) is 6.51. The molecule has 1 rings (SSSR count). The second-order valence-corrected chi connectivity index (χ2v) is 5.66. The van der Waals surface area contributed by atoms with E-state index in [4.69, 9.17) is 0 Å². The minimum atomic E-state index is -0.0950. The summed E-state index contributed by atoms with van der Waals surface area (Å²) in [7, 11) is 7.90. The van der Waals surface area contributed by atoms with Crippen molar-refractivity contribution in [3.63, 3.8) is 0 Å². The van der Waals surface area contributed by atoms with Crippen molar-refractivity contribution in [1.82, 2.24) is 15.1 Å². The first-order valence-corrected chi connectivity index (χ1v) is 6.51. The molecule has 1 aliphatic rings. The number of nitrogens with one attached hydrogen (secondary N) is 1. The van der Waals surface area contributed by atoms with E-state index in [1.54, 1.807) is 19.0 Å². The van der Waals surface area contributed by atoms with Crippen molar-refractivity contribution in [2.24, 2.45) is 0 Å². The molecule has 0 spiro atoms. The molecule has 1 fully saturated rings. The van der Waals surface area contributed by atoms with Crippen LogP contribution in [-0.2, 0) is 4.79 Å². The van der Waals surface area contributed by atoms with E-state index in [9.17, 15) is 4.79 Å². The Balaban J connectivity index is 2.50. The molecular weight excluding hydrogens is 214 g/mol. The third-order valence-electron chi connectivity index (χ3n) is 4.03. The summed E-state index contributed by atoms with van der Waals surface area (Å²) >= 11 is 0. The van der Waals surface area contributed by atoms with Gasteiger partial charge < -0.3 is 15.1 Å². The fraction of sp³-hybridized carbons (Fsp3) is 0.923. The summed E-state index contributed by atoms with van der Waals surface area (Å²) in [5.74, 6) is 0.150. The zero-order chi connectivity index (χ0) is 13.1. The lowest BCUT2D eigenvalue weighted by atomic mass is 9.95. The van der Waals surface area contributed by atoms with Crippen molar-refractivity contribution in [2.75, 3.05) is 34.7 Å². The van der Waals surface area contributed by atoms with Gasteiger partial charge in [-0.3, -0.25) is 4.79 Å². The zero-order valence-corrected chi connectivity index (χ0v) is 11.9. The highest BCUT2D eigenvalue weighted by atomic mass is 16.2. The van der Waals surface area contributed by atoms with Gasteiger partial charge in [-0.2, -0.15) is 0 Å². The summed E-state index contributed by atoms with van der Waals surface area (Å²) in [6.45, 7) is 2.85. The molecule has 1 atom stereocenters. The average Bonchev–Trinajstić information content (AvgIpc) is 2.74. The van der Waals surface area contributed by atoms with Crippen molar-refractivity contribution >= 4 is 5.91 Å². The van der Waals surface area contributed by atoms with Crippen LogP contribution in [0, 0.1) is 0 Å². The fourth-order valence-electron chi connectivity index (χ4n) is 2.63. The van der Waals surface area contributed by atoms with E-state index in [1.165, 1.54) is 25.7 Å². The van der Waals surface area contributed by atoms with Crippen molar-refractivity contribution in [3.8, 4) is 0 Å². The molecule has 0 heterocycles. The highest BCUT2D eigenvalue weighted by Crippen LogP contribution is 2.33. The van der Waals surface area contributed by atoms with Crippen LogP contribution in [-0.4, -0.2) is 62.0 Å². The first kappa shape index (κ1) is 14.5. The Kier molecular flexibility index (Phi) is 4.95. The van der Waals surface area contributed by atoms with Gasteiger partial charge in [0, 0.05) is 26.2 Å². The summed E-state index contributed by atoms with van der Waals surface area (Å²) in [4.78, 5) is 15.7. The number of nitrogens with zero attached hydrogens (tertiary/aromatic N) is 2. The van der Waals surface area contributed by atoms with E-state index < -0.39 is 0 Å². The fourth-order valence-corrected chi connectivity index (χ4v) is 2.63. The maximum Gasteiger partial charge on any atom is 0.238 e. The lowest BCUT2D eigenvalue weighted by molar-refractivity contribution is -0.130. The van der Waals surface area contributed by atoms with E-state index in [0.29, 0.717) is 0 Å². The molecule has 4 heteroatoms. The second kappa shape index (κ2) is 5.83. The summed E-state index contributed by atoms with van der Waals surface area (Å²) in [6, 6.07) is -0.0950. The molecule has 1 aliphatic carbocycles. The molecule has 0 aromatic rings. The third-order valence-corrected chi connectivity index (χ3v) is 4.03. The molecule has 100 valence electrons. The Morgan fingerprint density at radius 1 is 1.24 bits per heavy atom. The van der Waals surface area contributed by atoms with Crippen molar-refractivity contribution in [2.45, 2.75) is 44.2 Å². The molecule has 0 bridgehead atoms. The molecule has 4 nitrogen and oxygen atoms in total. The molecule has 0 radical (unpaired) electrons. The van der Waals surface area contributed by atoms with E-state index in [2.05, 4.69) is 24.3 Å². The van der Waals surface area contributed by atoms with Crippen LogP contribution in [0.5, 0.6) is 0 Å². The van der Waals surface area contributed by atoms with Crippen LogP contribution in [0.25, 0.3) is 0 Å². The lowest BCUT2D eigenvalue weighted by Gasteiger charge is -2.37. The van der Waals surface area contributed by atoms with Crippen LogP contribution >= 0.6 is 0 Å². The molecule has 0 aliphatic heterocycles. The molecule has 0 saturated heterocycles. The molecule has 0 aromatic heterocycles. The number of carbonyl (C=O) groups is 1. The quantitative estimate of drug-likeness (QED) is 0.778. The number of likely N-dealkylation sites (N-methyl/N-ethyl adjacent to an activating group) is 2. The summed E-state index contributed by atoms with van der Waals surface area (Å²) < 4.78 is 0. The minimum absolute atomic E-state index is 0.0950. The smallest absolute Gasteiger partial charge is 0.238 e. The Hall–Kier alpha value is -0.610. The second-order valence-electron chi connectivity index (χ2n) is 5.66. The SMILES string of the molecule is CC(NCC1(N(C)C)CCCC1)C(=O)N(C)C. The van der Waals surface area contributed by atoms with E-state index in [-0.39, 0.29) is 17.5 Å². The maximum absolute atomic E-state index is 11.8. The van der Waals surface area contributed by atoms with Gasteiger partial charge in [0.2, 0.25) is 5.91 Å². The molecule has 1 saturated carbocycles. The van der Waals surface area contributed by atoms with E-state index in [1.807, 2.05) is 6.92 Å². The van der Waals surface area contributed by atoms with Crippen LogP contribution in [0.15, 0.2) is 0 Å². The van der Waals surface area contributed by atoms with Crippen molar-refractivity contribution in [3.05, 3.63) is 0 Å². The first-order chi connectivity index (χ1) is 7.89. The van der Waals surface area contributed by atoms with Gasteiger partial charge in [-0.1, -0.05) is 12.8 Å². The number of amides is 1. The van der Waals surface area contributed by atoms with Crippen molar-refractivity contribution in [1.29, 1.82) is 0 Å². The maximum atomic E-state index is 11.8. The lowest BCUT2D eigenvalue weighted by Crippen LogP contribution is -2.53. The van der Waals surface area contributed by atoms with Gasteiger partial charge in [0.1, 0.15) is 0 Å². The van der Waals surface area contributed by atoms with E-state index in [0.717, 1.165) is 6.54 Å². The Labute approximate surface area is 105 Å². The Morgan fingerprint density at radius 2 is 1.76 bits per heavy atom. The highest BCUT2D eigenvalue weighted by molar-refractivity contribution is 5.80. The average molecular weight is 241 g/mol. The normalized spacial score (nSPS) is 20.6. The van der Waals surface area contributed by atoms with Gasteiger partial charge in [0.15, 0.2) is 0 Å². The largest absolute Gasteiger partial charge is 0.347 e. The summed E-state index contributed by atoms with van der Waals surface area (Å²) in [5.41, 5.74) is 0.251. The van der Waals surface area contributed by atoms with Gasteiger partial charge in [-0.15, -0.1) is 0 Å². The van der Waals surface area contributed by atoms with Gasteiger partial charge >= 0.3 is 0 Å². The standard InChI is InChI=1S/C13H27N3O/c1-11(12(17)15(2)3)14-10-13(16(4)5)8-6-7-9-13/h11,14H,6-10H2,1-5H3. The minimum Gasteiger partial charge on any atom is -0.347 e. The third kappa shape index (κ3) is 3.42. The molecule has 17 heavy (non-hydrogen) atoms. The van der Waals surface area contributed by atoms with Gasteiger partial charge in [-0.05, 0) is 33.9 Å². The van der Waals surface area contributed by atoms with Crippen LogP contribution in [0.4, 0.5) is 0 Å². The number of hydrogen-bond donors (Lipinski definition) is 1. The Morgan fingerprint density at radius 3 is 2.18 bits per heavy atom. The molecule has 1 N–H and O–H groups in total. The van der Waals surface area contributed by atoms with Crippen molar-refractivity contribution < 1.29 is 4.79 Å². The van der Waals surface area contributed by atoms with E-state index >= 15 is 0 Å². The Bertz CT molecular complexity index is 257. The molecular formula is C13H27N3O. The molecule has 1 unspecified atom stereocenters. The highest BCUT2D eigenvalue weighted by Gasteiger charge is 2.36. The van der Waals surface area contributed by atoms with Gasteiger partial charge in [0.05, 0.1) is 6.04 Å². The monoisotopic (exact) mass is 241 g/mol. The topological polar surface area (TPSA) is 35.6 Å². The summed E-state index contributed by atoms with van der Waals surface area (Å²) in [5, 5.41) is 3.39. The van der Waals surface area contributed by atoms with Crippen LogP contribution in [0.1, 0.15) is 32.6 Å². The van der Waals surface area contributed by atoms with Gasteiger partial charge in [-0.25, -0.2) is 0 Å². The van der Waals surface area contributed by atoms with Crippen LogP contribution in [0.3, 0.4) is 0 Å². The predicted octanol–water partition coefficient (Wildman–Crippen LogP) is 0.927. The summed E-state index contributed by atoms with van der Waals surface area (Å²) in [6.07, 6.45) is 5.07. The molecule has 1 amide bonds. The molecule has 0 aromatic carbocycles. The predicted molar refractivity (Wildman–Crippen MR) is 71.0 cm³/mol. The number of carbonyl (C=O) groups excluding carboxylic acids is 1. The zero-order valence-electron chi connectivity index (χ0n) is 11.9. The van der Waals surface area contributed by atoms with Gasteiger partial charge in [0.25, 0.3) is 0 Å².